The number of aromatic nitrogens is 2. The van der Waals surface area contributed by atoms with E-state index in [1.54, 1.807) is 0 Å². The summed E-state index contributed by atoms with van der Waals surface area (Å²) in [7, 11) is 0. The van der Waals surface area contributed by atoms with Gasteiger partial charge >= 0.3 is 0 Å². The molecule has 4 rings (SSSR count). The molecule has 0 amide bonds. The van der Waals surface area contributed by atoms with Gasteiger partial charge in [0.05, 0.1) is 11.0 Å². The maximum absolute atomic E-state index is 13.2. The average Bonchev–Trinajstić information content (AvgIpc) is 2.96. The van der Waals surface area contributed by atoms with E-state index < -0.39 is 0 Å². The van der Waals surface area contributed by atoms with Gasteiger partial charge < -0.3 is 4.57 Å². The predicted octanol–water partition coefficient (Wildman–Crippen LogP) is 5.20. The van der Waals surface area contributed by atoms with Crippen LogP contribution in [0, 0.1) is 12.7 Å². The largest absolute Gasteiger partial charge is 0.319 e. The Morgan fingerprint density at radius 3 is 2.38 bits per heavy atom. The van der Waals surface area contributed by atoms with Gasteiger partial charge in [0.25, 0.3) is 0 Å². The minimum atomic E-state index is -0.214. The summed E-state index contributed by atoms with van der Waals surface area (Å²) < 4.78 is 15.4. The van der Waals surface area contributed by atoms with Gasteiger partial charge in [-0.15, -0.1) is 0 Å². The molecule has 0 aliphatic heterocycles. The monoisotopic (exact) mass is 316 g/mol. The first-order chi connectivity index (χ1) is 11.7. The van der Waals surface area contributed by atoms with Crippen molar-refractivity contribution in [1.29, 1.82) is 0 Å². The fourth-order valence-electron chi connectivity index (χ4n) is 3.04. The highest BCUT2D eigenvalue weighted by Crippen LogP contribution is 2.28. The molecule has 0 unspecified atom stereocenters. The summed E-state index contributed by atoms with van der Waals surface area (Å²) in [5, 5.41) is 0. The summed E-state index contributed by atoms with van der Waals surface area (Å²) >= 11 is 0. The minimum Gasteiger partial charge on any atom is -0.319 e. The summed E-state index contributed by atoms with van der Waals surface area (Å²) in [5.74, 6) is 0.729. The molecule has 1 aromatic heterocycles. The zero-order valence-electron chi connectivity index (χ0n) is 13.4. The lowest BCUT2D eigenvalue weighted by Gasteiger charge is -2.11. The van der Waals surface area contributed by atoms with Gasteiger partial charge in [-0.3, -0.25) is 0 Å². The molecule has 3 heteroatoms. The molecule has 1 heterocycles. The summed E-state index contributed by atoms with van der Waals surface area (Å²) in [6, 6.07) is 23.0. The Labute approximate surface area is 140 Å². The van der Waals surface area contributed by atoms with Crippen LogP contribution in [0.1, 0.15) is 11.1 Å². The Morgan fingerprint density at radius 2 is 1.58 bits per heavy atom. The van der Waals surface area contributed by atoms with Gasteiger partial charge in [-0.05, 0) is 42.3 Å². The maximum Gasteiger partial charge on any atom is 0.141 e. The first-order valence-corrected chi connectivity index (χ1v) is 7.98. The molecular formula is C21H17FN2. The third kappa shape index (κ3) is 2.58. The summed E-state index contributed by atoms with van der Waals surface area (Å²) in [6.07, 6.45) is 0. The summed E-state index contributed by atoms with van der Waals surface area (Å²) in [6.45, 7) is 2.75. The van der Waals surface area contributed by atoms with Crippen LogP contribution >= 0.6 is 0 Å². The van der Waals surface area contributed by atoms with E-state index in [1.807, 2.05) is 42.5 Å². The first-order valence-electron chi connectivity index (χ1n) is 7.98. The van der Waals surface area contributed by atoms with E-state index in [1.165, 1.54) is 17.7 Å². The van der Waals surface area contributed by atoms with E-state index in [2.05, 4.69) is 29.7 Å². The number of fused-ring (bicyclic) bond motifs is 1. The van der Waals surface area contributed by atoms with E-state index in [-0.39, 0.29) is 5.82 Å². The van der Waals surface area contributed by atoms with Crippen LogP contribution in [0.15, 0.2) is 72.8 Å². The number of imidazole rings is 1. The van der Waals surface area contributed by atoms with Gasteiger partial charge in [0.2, 0.25) is 0 Å². The van der Waals surface area contributed by atoms with Gasteiger partial charge in [0, 0.05) is 12.1 Å². The Bertz CT molecular complexity index is 1000. The number of para-hydroxylation sites is 2. The molecule has 4 aromatic rings. The molecule has 24 heavy (non-hydrogen) atoms. The number of halogens is 1. The molecule has 0 aliphatic rings. The van der Waals surface area contributed by atoms with Crippen LogP contribution in [0.3, 0.4) is 0 Å². The fourth-order valence-corrected chi connectivity index (χ4v) is 3.04. The molecule has 0 aliphatic carbocycles. The lowest BCUT2D eigenvalue weighted by Crippen LogP contribution is -2.03. The van der Waals surface area contributed by atoms with Crippen molar-refractivity contribution in [2.75, 3.05) is 0 Å². The molecule has 0 radical (unpaired) electrons. The van der Waals surface area contributed by atoms with Crippen molar-refractivity contribution in [2.45, 2.75) is 13.5 Å². The van der Waals surface area contributed by atoms with Crippen molar-refractivity contribution in [3.8, 4) is 11.4 Å². The van der Waals surface area contributed by atoms with E-state index in [0.717, 1.165) is 28.0 Å². The van der Waals surface area contributed by atoms with Crippen LogP contribution in [0.25, 0.3) is 22.4 Å². The zero-order valence-corrected chi connectivity index (χ0v) is 13.4. The molecular weight excluding hydrogens is 299 g/mol. The van der Waals surface area contributed by atoms with Gasteiger partial charge in [-0.2, -0.15) is 0 Å². The summed E-state index contributed by atoms with van der Waals surface area (Å²) in [5.41, 5.74) is 5.41. The van der Waals surface area contributed by atoms with Crippen LogP contribution in [-0.2, 0) is 6.54 Å². The second-order valence-corrected chi connectivity index (χ2v) is 5.95. The average molecular weight is 316 g/mol. The third-order valence-electron chi connectivity index (χ3n) is 4.29. The summed E-state index contributed by atoms with van der Waals surface area (Å²) in [4.78, 5) is 4.85. The Kier molecular flexibility index (Phi) is 3.62. The Morgan fingerprint density at radius 1 is 0.875 bits per heavy atom. The smallest absolute Gasteiger partial charge is 0.141 e. The van der Waals surface area contributed by atoms with Gasteiger partial charge in [0.15, 0.2) is 0 Å². The zero-order chi connectivity index (χ0) is 16.5. The number of benzene rings is 3. The fraction of sp³-hybridized carbons (Fsp3) is 0.0952. The lowest BCUT2D eigenvalue weighted by atomic mass is 10.1. The van der Waals surface area contributed by atoms with Crippen molar-refractivity contribution < 1.29 is 4.39 Å². The molecule has 0 saturated heterocycles. The Hall–Kier alpha value is -2.94. The van der Waals surface area contributed by atoms with E-state index in [9.17, 15) is 4.39 Å². The normalized spacial score (nSPS) is 11.1. The van der Waals surface area contributed by atoms with Crippen molar-refractivity contribution in [1.82, 2.24) is 9.55 Å². The SMILES string of the molecule is Cc1ccccc1-c1nc2ccccc2n1Cc1ccc(F)cc1. The van der Waals surface area contributed by atoms with E-state index in [0.29, 0.717) is 6.54 Å². The standard InChI is InChI=1S/C21H17FN2/c1-15-6-2-3-7-18(15)21-23-19-8-4-5-9-20(19)24(21)14-16-10-12-17(22)13-11-16/h2-13H,14H2,1H3. The molecule has 0 spiro atoms. The highest BCUT2D eigenvalue weighted by atomic mass is 19.1. The molecule has 0 atom stereocenters. The second-order valence-electron chi connectivity index (χ2n) is 5.95. The van der Waals surface area contributed by atoms with Gasteiger partial charge in [-0.25, -0.2) is 9.37 Å². The molecule has 0 saturated carbocycles. The van der Waals surface area contributed by atoms with Crippen molar-refractivity contribution >= 4 is 11.0 Å². The van der Waals surface area contributed by atoms with Gasteiger partial charge in [0.1, 0.15) is 11.6 Å². The topological polar surface area (TPSA) is 17.8 Å². The lowest BCUT2D eigenvalue weighted by molar-refractivity contribution is 0.626. The highest BCUT2D eigenvalue weighted by molar-refractivity contribution is 5.81. The maximum atomic E-state index is 13.2. The minimum absolute atomic E-state index is 0.214. The predicted molar refractivity (Wildman–Crippen MR) is 95.4 cm³/mol. The number of aryl methyl sites for hydroxylation is 1. The third-order valence-corrected chi connectivity index (χ3v) is 4.29. The number of hydrogen-bond acceptors (Lipinski definition) is 1. The quantitative estimate of drug-likeness (QED) is 0.508. The number of rotatable bonds is 3. The van der Waals surface area contributed by atoms with Crippen molar-refractivity contribution in [3.63, 3.8) is 0 Å². The molecule has 0 bridgehead atoms. The van der Waals surface area contributed by atoms with Crippen LogP contribution < -0.4 is 0 Å². The molecule has 118 valence electrons. The van der Waals surface area contributed by atoms with Crippen LogP contribution in [0.4, 0.5) is 4.39 Å². The van der Waals surface area contributed by atoms with Crippen LogP contribution in [0.5, 0.6) is 0 Å². The first kappa shape index (κ1) is 14.6. The molecule has 0 N–H and O–H groups in total. The number of hydrogen-bond donors (Lipinski definition) is 0. The molecule has 0 fully saturated rings. The van der Waals surface area contributed by atoms with E-state index >= 15 is 0 Å². The highest BCUT2D eigenvalue weighted by Gasteiger charge is 2.14. The van der Waals surface area contributed by atoms with Crippen molar-refractivity contribution in [2.24, 2.45) is 0 Å². The second kappa shape index (κ2) is 5.93. The van der Waals surface area contributed by atoms with E-state index in [4.69, 9.17) is 4.98 Å². The Balaban J connectivity index is 1.90. The van der Waals surface area contributed by atoms with Crippen LogP contribution in [-0.4, -0.2) is 9.55 Å². The van der Waals surface area contributed by atoms with Crippen molar-refractivity contribution in [3.05, 3.63) is 89.7 Å². The van der Waals surface area contributed by atoms with Gasteiger partial charge in [-0.1, -0.05) is 48.5 Å². The van der Waals surface area contributed by atoms with Crippen LogP contribution in [0.2, 0.25) is 0 Å². The number of nitrogens with zero attached hydrogens (tertiary/aromatic N) is 2. The molecule has 3 aromatic carbocycles. The molecule has 2 nitrogen and oxygen atoms in total.